The predicted octanol–water partition coefficient (Wildman–Crippen LogP) is 2.14. The second kappa shape index (κ2) is 7.54. The van der Waals surface area contributed by atoms with Crippen molar-refractivity contribution in [3.63, 3.8) is 0 Å². The van der Waals surface area contributed by atoms with Gasteiger partial charge in [0, 0.05) is 22.4 Å². The molecule has 1 fully saturated rings. The Labute approximate surface area is 126 Å². The zero-order valence-electron chi connectivity index (χ0n) is 12.1. The lowest BCUT2D eigenvalue weighted by molar-refractivity contribution is -0.119. The molecule has 1 aromatic rings. The zero-order valence-corrected chi connectivity index (χ0v) is 12.9. The molecule has 1 atom stereocenters. The molecule has 2 rings (SSSR count). The van der Waals surface area contributed by atoms with E-state index in [-0.39, 0.29) is 23.5 Å². The highest BCUT2D eigenvalue weighted by molar-refractivity contribution is 7.84. The van der Waals surface area contributed by atoms with E-state index in [9.17, 15) is 13.4 Å². The first kappa shape index (κ1) is 15.9. The fourth-order valence-electron chi connectivity index (χ4n) is 2.57. The van der Waals surface area contributed by atoms with Crippen LogP contribution in [0.25, 0.3) is 0 Å². The average Bonchev–Trinajstić information content (AvgIpc) is 2.91. The quantitative estimate of drug-likeness (QED) is 0.875. The van der Waals surface area contributed by atoms with E-state index in [2.05, 4.69) is 5.32 Å². The van der Waals surface area contributed by atoms with Crippen molar-refractivity contribution in [1.82, 2.24) is 5.32 Å². The van der Waals surface area contributed by atoms with Crippen LogP contribution >= 0.6 is 0 Å². The van der Waals surface area contributed by atoms with E-state index in [1.807, 2.05) is 0 Å². The minimum atomic E-state index is -1.38. The number of nitrogens with one attached hydrogen (secondary N) is 1. The lowest BCUT2D eigenvalue weighted by atomic mass is 10.2. The molecule has 1 aliphatic carbocycles. The first-order valence-electron chi connectivity index (χ1n) is 7.05. The van der Waals surface area contributed by atoms with Gasteiger partial charge in [0.05, 0.1) is 12.9 Å². The van der Waals surface area contributed by atoms with E-state index >= 15 is 0 Å². The predicted molar refractivity (Wildman–Crippen MR) is 80.1 cm³/mol. The van der Waals surface area contributed by atoms with Crippen molar-refractivity contribution < 1.29 is 18.1 Å². The molecule has 0 saturated heterocycles. The Bertz CT molecular complexity index is 530. The van der Waals surface area contributed by atoms with Gasteiger partial charge in [-0.25, -0.2) is 4.39 Å². The highest BCUT2D eigenvalue weighted by Crippen LogP contribution is 2.21. The molecule has 0 spiro atoms. The second-order valence-electron chi connectivity index (χ2n) is 5.23. The van der Waals surface area contributed by atoms with Gasteiger partial charge in [-0.05, 0) is 31.0 Å². The third-order valence-corrected chi connectivity index (χ3v) is 4.79. The molecule has 1 amide bonds. The third kappa shape index (κ3) is 4.81. The molecule has 0 radical (unpaired) electrons. The number of hydrogen-bond donors (Lipinski definition) is 1. The van der Waals surface area contributed by atoms with Crippen molar-refractivity contribution in [1.29, 1.82) is 0 Å². The summed E-state index contributed by atoms with van der Waals surface area (Å²) >= 11 is 0. The van der Waals surface area contributed by atoms with Crippen LogP contribution in [0.15, 0.2) is 18.2 Å². The Morgan fingerprint density at radius 1 is 1.43 bits per heavy atom. The average molecular weight is 313 g/mol. The van der Waals surface area contributed by atoms with E-state index in [0.717, 1.165) is 25.7 Å². The Morgan fingerprint density at radius 2 is 2.14 bits per heavy atom. The van der Waals surface area contributed by atoms with Gasteiger partial charge < -0.3 is 10.1 Å². The monoisotopic (exact) mass is 313 g/mol. The van der Waals surface area contributed by atoms with Crippen molar-refractivity contribution >= 4 is 16.7 Å². The maximum atomic E-state index is 13.2. The van der Waals surface area contributed by atoms with Crippen molar-refractivity contribution in [3.8, 4) is 5.75 Å². The van der Waals surface area contributed by atoms with Crippen LogP contribution in [0.5, 0.6) is 5.75 Å². The molecule has 116 valence electrons. The number of hydrogen-bond acceptors (Lipinski definition) is 3. The molecule has 0 heterocycles. The summed E-state index contributed by atoms with van der Waals surface area (Å²) in [6.07, 6.45) is 4.26. The summed E-state index contributed by atoms with van der Waals surface area (Å²) in [5.74, 6) is -0.0652. The summed E-state index contributed by atoms with van der Waals surface area (Å²) in [4.78, 5) is 11.8. The Balaban J connectivity index is 1.89. The number of ether oxygens (including phenoxy) is 1. The van der Waals surface area contributed by atoms with E-state index in [4.69, 9.17) is 4.74 Å². The Hall–Kier alpha value is -1.43. The maximum absolute atomic E-state index is 13.2. The summed E-state index contributed by atoms with van der Waals surface area (Å²) < 4.78 is 30.4. The van der Waals surface area contributed by atoms with Crippen molar-refractivity contribution in [3.05, 3.63) is 29.6 Å². The third-order valence-electron chi connectivity index (χ3n) is 3.57. The van der Waals surface area contributed by atoms with Gasteiger partial charge in [-0.15, -0.1) is 0 Å². The number of methoxy groups -OCH3 is 1. The number of benzene rings is 1. The molecular weight excluding hydrogens is 293 g/mol. The van der Waals surface area contributed by atoms with Crippen LogP contribution in [-0.4, -0.2) is 29.0 Å². The van der Waals surface area contributed by atoms with Gasteiger partial charge >= 0.3 is 0 Å². The smallest absolute Gasteiger partial charge is 0.232 e. The number of rotatable bonds is 6. The fourth-order valence-corrected chi connectivity index (χ4v) is 3.62. The van der Waals surface area contributed by atoms with Crippen molar-refractivity contribution in [2.45, 2.75) is 37.5 Å². The van der Waals surface area contributed by atoms with Crippen molar-refractivity contribution in [2.24, 2.45) is 0 Å². The van der Waals surface area contributed by atoms with Gasteiger partial charge in [0.1, 0.15) is 17.3 Å². The normalized spacial score (nSPS) is 16.7. The van der Waals surface area contributed by atoms with Crippen molar-refractivity contribution in [2.75, 3.05) is 12.9 Å². The molecule has 21 heavy (non-hydrogen) atoms. The number of halogens is 1. The second-order valence-corrected chi connectivity index (χ2v) is 6.69. The minimum absolute atomic E-state index is 0.0594. The van der Waals surface area contributed by atoms with Gasteiger partial charge in [-0.2, -0.15) is 0 Å². The Kier molecular flexibility index (Phi) is 5.73. The lowest BCUT2D eigenvalue weighted by Crippen LogP contribution is -2.35. The van der Waals surface area contributed by atoms with Crippen LogP contribution in [0.2, 0.25) is 0 Å². The van der Waals surface area contributed by atoms with Crippen LogP contribution in [0.4, 0.5) is 4.39 Å². The SMILES string of the molecule is COc1ccc(F)cc1CS(=O)CC(=O)NC1CCCC1. The summed E-state index contributed by atoms with van der Waals surface area (Å²) in [5, 5.41) is 2.90. The standard InChI is InChI=1S/C15H20FNO3S/c1-20-14-7-6-12(16)8-11(14)9-21(19)10-15(18)17-13-4-2-3-5-13/h6-8,13H,2-5,9-10H2,1H3,(H,17,18). The maximum Gasteiger partial charge on any atom is 0.232 e. The first-order chi connectivity index (χ1) is 10.1. The molecule has 1 unspecified atom stereocenters. The molecular formula is C15H20FNO3S. The molecule has 0 aliphatic heterocycles. The summed E-state index contributed by atoms with van der Waals surface area (Å²) in [6.45, 7) is 0. The topological polar surface area (TPSA) is 55.4 Å². The number of amides is 1. The Morgan fingerprint density at radius 3 is 2.81 bits per heavy atom. The lowest BCUT2D eigenvalue weighted by Gasteiger charge is -2.12. The van der Waals surface area contributed by atoms with Gasteiger partial charge in [0.15, 0.2) is 0 Å². The highest BCUT2D eigenvalue weighted by Gasteiger charge is 2.19. The molecule has 1 saturated carbocycles. The van der Waals surface area contributed by atoms with Gasteiger partial charge in [0.2, 0.25) is 5.91 Å². The van der Waals surface area contributed by atoms with E-state index in [1.54, 1.807) is 0 Å². The molecule has 4 nitrogen and oxygen atoms in total. The van der Waals surface area contributed by atoms with Gasteiger partial charge in [-0.3, -0.25) is 9.00 Å². The summed E-state index contributed by atoms with van der Waals surface area (Å²) in [6, 6.07) is 4.31. The molecule has 0 aromatic heterocycles. The van der Waals surface area contributed by atoms with Crippen LogP contribution in [-0.2, 0) is 21.3 Å². The minimum Gasteiger partial charge on any atom is -0.496 e. The summed E-state index contributed by atoms with van der Waals surface area (Å²) in [7, 11) is 0.0987. The van der Waals surface area contributed by atoms with E-state index < -0.39 is 16.6 Å². The van der Waals surface area contributed by atoms with Crippen LogP contribution in [0, 0.1) is 5.82 Å². The van der Waals surface area contributed by atoms with Gasteiger partial charge in [0.25, 0.3) is 0 Å². The van der Waals surface area contributed by atoms with Crippen LogP contribution in [0.1, 0.15) is 31.2 Å². The number of carbonyl (C=O) groups is 1. The summed E-state index contributed by atoms with van der Waals surface area (Å²) in [5.41, 5.74) is 0.518. The van der Waals surface area contributed by atoms with Crippen LogP contribution in [0.3, 0.4) is 0 Å². The first-order valence-corrected chi connectivity index (χ1v) is 8.54. The van der Waals surface area contributed by atoms with Crippen LogP contribution < -0.4 is 10.1 Å². The zero-order chi connectivity index (χ0) is 15.2. The molecule has 1 aromatic carbocycles. The highest BCUT2D eigenvalue weighted by atomic mass is 32.2. The molecule has 6 heteroatoms. The molecule has 1 N–H and O–H groups in total. The number of carbonyl (C=O) groups excluding carboxylic acids is 1. The van der Waals surface area contributed by atoms with E-state index in [1.165, 1.54) is 25.3 Å². The fraction of sp³-hybridized carbons (Fsp3) is 0.533. The van der Waals surface area contributed by atoms with E-state index in [0.29, 0.717) is 11.3 Å². The largest absolute Gasteiger partial charge is 0.496 e. The van der Waals surface area contributed by atoms with Gasteiger partial charge in [-0.1, -0.05) is 12.8 Å². The molecule has 0 bridgehead atoms. The molecule has 1 aliphatic rings.